The second-order valence-corrected chi connectivity index (χ2v) is 7.86. The van der Waals surface area contributed by atoms with Gasteiger partial charge in [0.25, 0.3) is 5.91 Å². The fourth-order valence-electron chi connectivity index (χ4n) is 2.84. The highest BCUT2D eigenvalue weighted by Gasteiger charge is 2.29. The van der Waals surface area contributed by atoms with Crippen molar-refractivity contribution in [1.82, 2.24) is 0 Å². The van der Waals surface area contributed by atoms with Crippen molar-refractivity contribution in [1.29, 1.82) is 0 Å². The SMILES string of the molecule is CC(C)N(C(=O)c1ccc(Cl)cc1F)c1cc(-c2ccccc2)sc1OC(=O)O. The number of carbonyl (C=O) groups is 2. The molecule has 0 bridgehead atoms. The Morgan fingerprint density at radius 1 is 1.14 bits per heavy atom. The normalized spacial score (nSPS) is 10.8. The Morgan fingerprint density at radius 2 is 1.83 bits per heavy atom. The Hall–Kier alpha value is -2.90. The second kappa shape index (κ2) is 8.63. The molecule has 3 rings (SSSR count). The Balaban J connectivity index is 2.11. The number of hydrogen-bond donors (Lipinski definition) is 1. The van der Waals surface area contributed by atoms with Crippen molar-refractivity contribution >= 4 is 40.7 Å². The lowest BCUT2D eigenvalue weighted by Gasteiger charge is -2.26. The molecule has 2 aromatic carbocycles. The van der Waals surface area contributed by atoms with Crippen LogP contribution < -0.4 is 9.64 Å². The van der Waals surface area contributed by atoms with Gasteiger partial charge in [0.1, 0.15) is 5.82 Å². The van der Waals surface area contributed by atoms with Gasteiger partial charge in [0.05, 0.1) is 11.3 Å². The van der Waals surface area contributed by atoms with Gasteiger partial charge in [-0.3, -0.25) is 4.79 Å². The molecule has 0 spiro atoms. The van der Waals surface area contributed by atoms with Crippen LogP contribution in [0.5, 0.6) is 5.06 Å². The number of hydrogen-bond acceptors (Lipinski definition) is 4. The Kier molecular flexibility index (Phi) is 6.20. The monoisotopic (exact) mass is 433 g/mol. The average Bonchev–Trinajstić information content (AvgIpc) is 3.05. The summed E-state index contributed by atoms with van der Waals surface area (Å²) in [5, 5.41) is 9.34. The maximum absolute atomic E-state index is 14.4. The number of anilines is 1. The van der Waals surface area contributed by atoms with E-state index in [2.05, 4.69) is 0 Å². The van der Waals surface area contributed by atoms with Crippen LogP contribution in [-0.2, 0) is 0 Å². The molecule has 1 N–H and O–H groups in total. The predicted octanol–water partition coefficient (Wildman–Crippen LogP) is 6.32. The van der Waals surface area contributed by atoms with Crippen LogP contribution in [0.4, 0.5) is 14.9 Å². The zero-order valence-corrected chi connectivity index (χ0v) is 17.1. The summed E-state index contributed by atoms with van der Waals surface area (Å²) in [6, 6.07) is 14.3. The molecule has 0 unspecified atom stereocenters. The summed E-state index contributed by atoms with van der Waals surface area (Å²) in [6.45, 7) is 3.49. The summed E-state index contributed by atoms with van der Waals surface area (Å²) in [7, 11) is 0. The lowest BCUT2D eigenvalue weighted by molar-refractivity contribution is 0.0974. The molecule has 0 aliphatic carbocycles. The van der Waals surface area contributed by atoms with Gasteiger partial charge in [0.15, 0.2) is 0 Å². The third-order valence-electron chi connectivity index (χ3n) is 4.07. The van der Waals surface area contributed by atoms with Crippen molar-refractivity contribution in [2.75, 3.05) is 4.90 Å². The number of thiophene rings is 1. The van der Waals surface area contributed by atoms with Crippen molar-refractivity contribution in [3.63, 3.8) is 0 Å². The van der Waals surface area contributed by atoms with E-state index in [4.69, 9.17) is 21.4 Å². The topological polar surface area (TPSA) is 66.8 Å². The molecule has 1 aromatic heterocycles. The van der Waals surface area contributed by atoms with Gasteiger partial charge in [0.2, 0.25) is 5.06 Å². The minimum absolute atomic E-state index is 0.0350. The van der Waals surface area contributed by atoms with Gasteiger partial charge in [0, 0.05) is 15.9 Å². The highest BCUT2D eigenvalue weighted by atomic mass is 35.5. The molecule has 3 aromatic rings. The molecule has 29 heavy (non-hydrogen) atoms. The number of carboxylic acid groups (broad SMARTS) is 1. The molecular formula is C21H17ClFNO4S. The van der Waals surface area contributed by atoms with Crippen molar-refractivity contribution < 1.29 is 23.8 Å². The molecule has 0 aliphatic heterocycles. The first-order valence-electron chi connectivity index (χ1n) is 8.66. The van der Waals surface area contributed by atoms with Crippen molar-refractivity contribution in [3.05, 3.63) is 71.0 Å². The summed E-state index contributed by atoms with van der Waals surface area (Å²) in [5.41, 5.74) is 0.926. The molecule has 1 amide bonds. The van der Waals surface area contributed by atoms with E-state index >= 15 is 0 Å². The predicted molar refractivity (Wildman–Crippen MR) is 112 cm³/mol. The summed E-state index contributed by atoms with van der Waals surface area (Å²) in [6.07, 6.45) is -1.50. The molecule has 5 nitrogen and oxygen atoms in total. The number of nitrogens with zero attached hydrogens (tertiary/aromatic N) is 1. The average molecular weight is 434 g/mol. The molecule has 1 heterocycles. The van der Waals surface area contributed by atoms with E-state index in [1.165, 1.54) is 17.0 Å². The Bertz CT molecular complexity index is 1050. The highest BCUT2D eigenvalue weighted by Crippen LogP contribution is 2.44. The fraction of sp³-hybridized carbons (Fsp3) is 0.143. The molecule has 0 fully saturated rings. The van der Waals surface area contributed by atoms with Crippen LogP contribution >= 0.6 is 22.9 Å². The summed E-state index contributed by atoms with van der Waals surface area (Å²) in [5.74, 6) is -1.38. The van der Waals surface area contributed by atoms with E-state index in [0.29, 0.717) is 4.88 Å². The van der Waals surface area contributed by atoms with Gasteiger partial charge in [-0.1, -0.05) is 53.3 Å². The number of benzene rings is 2. The Labute approximate surface area is 175 Å². The number of amides is 1. The van der Waals surface area contributed by atoms with Gasteiger partial charge >= 0.3 is 6.16 Å². The van der Waals surface area contributed by atoms with E-state index in [9.17, 15) is 14.0 Å². The molecule has 150 valence electrons. The van der Waals surface area contributed by atoms with E-state index in [-0.39, 0.29) is 21.3 Å². The molecule has 0 radical (unpaired) electrons. The zero-order chi connectivity index (χ0) is 21.1. The third kappa shape index (κ3) is 4.58. The Morgan fingerprint density at radius 3 is 2.41 bits per heavy atom. The molecule has 0 saturated carbocycles. The summed E-state index contributed by atoms with van der Waals surface area (Å²) < 4.78 is 19.3. The third-order valence-corrected chi connectivity index (χ3v) is 5.36. The standard InChI is InChI=1S/C21H17ClFNO4S/c1-12(2)24(19(25)15-9-8-14(22)10-16(15)23)17-11-18(13-6-4-3-5-7-13)29-20(17)28-21(26)27/h3-12H,1-2H3,(H,26,27). The van der Waals surface area contributed by atoms with E-state index in [1.807, 2.05) is 30.3 Å². The van der Waals surface area contributed by atoms with Crippen LogP contribution in [0.25, 0.3) is 10.4 Å². The zero-order valence-electron chi connectivity index (χ0n) is 15.6. The maximum Gasteiger partial charge on any atom is 0.512 e. The minimum Gasteiger partial charge on any atom is -0.449 e. The first-order valence-corrected chi connectivity index (χ1v) is 9.86. The van der Waals surface area contributed by atoms with Crippen LogP contribution in [0.2, 0.25) is 5.02 Å². The second-order valence-electron chi connectivity index (χ2n) is 6.41. The van der Waals surface area contributed by atoms with Crippen LogP contribution in [0.1, 0.15) is 24.2 Å². The minimum atomic E-state index is -1.50. The summed E-state index contributed by atoms with van der Waals surface area (Å²) in [4.78, 5) is 26.4. The van der Waals surface area contributed by atoms with E-state index < -0.39 is 23.9 Å². The lowest BCUT2D eigenvalue weighted by Crippen LogP contribution is -2.37. The van der Waals surface area contributed by atoms with Crippen LogP contribution in [0, 0.1) is 5.82 Å². The van der Waals surface area contributed by atoms with Gasteiger partial charge in [-0.15, -0.1) is 0 Å². The van der Waals surface area contributed by atoms with Gasteiger partial charge in [-0.05, 0) is 43.7 Å². The van der Waals surface area contributed by atoms with Crippen molar-refractivity contribution in [3.8, 4) is 15.5 Å². The van der Waals surface area contributed by atoms with Crippen LogP contribution in [0.15, 0.2) is 54.6 Å². The maximum atomic E-state index is 14.4. The smallest absolute Gasteiger partial charge is 0.449 e. The fourth-order valence-corrected chi connectivity index (χ4v) is 4.00. The van der Waals surface area contributed by atoms with E-state index in [0.717, 1.165) is 23.0 Å². The number of carbonyl (C=O) groups excluding carboxylic acids is 1. The van der Waals surface area contributed by atoms with Gasteiger partial charge in [-0.25, -0.2) is 9.18 Å². The first kappa shape index (κ1) is 20.8. The van der Waals surface area contributed by atoms with Crippen LogP contribution in [0.3, 0.4) is 0 Å². The van der Waals surface area contributed by atoms with Crippen molar-refractivity contribution in [2.45, 2.75) is 19.9 Å². The molecule has 0 aliphatic rings. The van der Waals surface area contributed by atoms with Gasteiger partial charge < -0.3 is 14.7 Å². The highest BCUT2D eigenvalue weighted by molar-refractivity contribution is 7.18. The molecule has 0 saturated heterocycles. The van der Waals surface area contributed by atoms with E-state index in [1.54, 1.807) is 19.9 Å². The number of rotatable bonds is 5. The summed E-state index contributed by atoms with van der Waals surface area (Å²) >= 11 is 6.88. The largest absolute Gasteiger partial charge is 0.512 e. The van der Waals surface area contributed by atoms with Crippen LogP contribution in [-0.4, -0.2) is 23.2 Å². The molecule has 8 heteroatoms. The number of halogens is 2. The van der Waals surface area contributed by atoms with Gasteiger partial charge in [-0.2, -0.15) is 0 Å². The first-order chi connectivity index (χ1) is 13.8. The molecule has 0 atom stereocenters. The quantitative estimate of drug-likeness (QED) is 0.478. The lowest BCUT2D eigenvalue weighted by atomic mass is 10.1. The van der Waals surface area contributed by atoms with Crippen molar-refractivity contribution in [2.24, 2.45) is 0 Å². The molecular weight excluding hydrogens is 417 g/mol. The number of ether oxygens (including phenoxy) is 1.